The Morgan fingerprint density at radius 3 is 2.72 bits per heavy atom. The molecule has 3 nitrogen and oxygen atoms in total. The van der Waals surface area contributed by atoms with Crippen LogP contribution in [0.25, 0.3) is 0 Å². The minimum atomic E-state index is 0.0192. The molecule has 1 aliphatic rings. The lowest BCUT2D eigenvalue weighted by Crippen LogP contribution is -2.26. The number of nitrogens with zero attached hydrogens (tertiary/aromatic N) is 1. The Labute approximate surface area is 113 Å². The summed E-state index contributed by atoms with van der Waals surface area (Å²) in [6.07, 6.45) is 1.24. The van der Waals surface area contributed by atoms with E-state index >= 15 is 0 Å². The van der Waals surface area contributed by atoms with Crippen molar-refractivity contribution in [3.05, 3.63) is 22.7 Å². The minimum Gasteiger partial charge on any atom is -0.503 e. The van der Waals surface area contributed by atoms with Gasteiger partial charge in [-0.3, -0.25) is 4.90 Å². The molecular formula is C14H20ClNO2. The molecule has 1 aliphatic heterocycles. The largest absolute Gasteiger partial charge is 0.503 e. The minimum absolute atomic E-state index is 0.0192. The van der Waals surface area contributed by atoms with E-state index in [1.165, 1.54) is 13.5 Å². The number of hydrogen-bond acceptors (Lipinski definition) is 3. The molecular weight excluding hydrogens is 250 g/mol. The number of phenols is 1. The van der Waals surface area contributed by atoms with Crippen molar-refractivity contribution < 1.29 is 9.84 Å². The molecule has 0 radical (unpaired) electrons. The molecule has 0 bridgehead atoms. The lowest BCUT2D eigenvalue weighted by molar-refractivity contribution is 0.256. The van der Waals surface area contributed by atoms with Crippen molar-refractivity contribution >= 4 is 11.6 Å². The zero-order valence-electron chi connectivity index (χ0n) is 11.1. The van der Waals surface area contributed by atoms with Gasteiger partial charge in [0, 0.05) is 19.1 Å². The quantitative estimate of drug-likeness (QED) is 0.914. The van der Waals surface area contributed by atoms with E-state index in [1.54, 1.807) is 0 Å². The van der Waals surface area contributed by atoms with Crippen LogP contribution in [0.3, 0.4) is 0 Å². The number of likely N-dealkylation sites (tertiary alicyclic amines) is 1. The van der Waals surface area contributed by atoms with Crippen molar-refractivity contribution in [2.45, 2.75) is 32.9 Å². The lowest BCUT2D eigenvalue weighted by Gasteiger charge is -2.21. The Morgan fingerprint density at radius 2 is 2.17 bits per heavy atom. The number of ether oxygens (including phenoxy) is 1. The second kappa shape index (κ2) is 5.37. The third kappa shape index (κ3) is 2.73. The molecule has 0 aromatic heterocycles. The first kappa shape index (κ1) is 13.5. The van der Waals surface area contributed by atoms with Crippen LogP contribution >= 0.6 is 11.6 Å². The standard InChI is InChI=1S/C14H20ClNO2/c1-9-4-10(2)16(7-9)8-11-5-12(15)14(17)13(6-11)18-3/h5-6,9-10,17H,4,7-8H2,1-3H3. The van der Waals surface area contributed by atoms with Crippen LogP contribution in [0.15, 0.2) is 12.1 Å². The molecule has 1 aromatic rings. The third-order valence-electron chi connectivity index (χ3n) is 3.61. The van der Waals surface area contributed by atoms with Crippen LogP contribution in [0.5, 0.6) is 11.5 Å². The molecule has 0 amide bonds. The number of rotatable bonds is 3. The molecule has 1 aromatic carbocycles. The monoisotopic (exact) mass is 269 g/mol. The average molecular weight is 270 g/mol. The van der Waals surface area contributed by atoms with E-state index in [1.807, 2.05) is 12.1 Å². The van der Waals surface area contributed by atoms with Crippen LogP contribution in [0.2, 0.25) is 5.02 Å². The molecule has 1 N–H and O–H groups in total. The van der Waals surface area contributed by atoms with Crippen molar-refractivity contribution in [1.82, 2.24) is 4.90 Å². The highest BCUT2D eigenvalue weighted by atomic mass is 35.5. The van der Waals surface area contributed by atoms with Crippen LogP contribution in [-0.2, 0) is 6.54 Å². The van der Waals surface area contributed by atoms with Crippen LogP contribution < -0.4 is 4.74 Å². The van der Waals surface area contributed by atoms with Gasteiger partial charge in [-0.15, -0.1) is 0 Å². The summed E-state index contributed by atoms with van der Waals surface area (Å²) in [6.45, 7) is 6.49. The van der Waals surface area contributed by atoms with Crippen LogP contribution in [0, 0.1) is 5.92 Å². The summed E-state index contributed by atoms with van der Waals surface area (Å²) < 4.78 is 5.13. The molecule has 2 rings (SSSR count). The number of hydrogen-bond donors (Lipinski definition) is 1. The highest BCUT2D eigenvalue weighted by molar-refractivity contribution is 6.32. The van der Waals surface area contributed by atoms with Gasteiger partial charge in [-0.25, -0.2) is 0 Å². The van der Waals surface area contributed by atoms with Gasteiger partial charge in [0.25, 0.3) is 0 Å². The first-order chi connectivity index (χ1) is 8.51. The first-order valence-electron chi connectivity index (χ1n) is 6.30. The second-order valence-electron chi connectivity index (χ2n) is 5.25. The molecule has 4 heteroatoms. The van der Waals surface area contributed by atoms with Gasteiger partial charge in [-0.2, -0.15) is 0 Å². The predicted molar refractivity (Wildman–Crippen MR) is 73.3 cm³/mol. The third-order valence-corrected chi connectivity index (χ3v) is 3.89. The summed E-state index contributed by atoms with van der Waals surface area (Å²) in [7, 11) is 1.54. The Morgan fingerprint density at radius 1 is 1.44 bits per heavy atom. The zero-order chi connectivity index (χ0) is 13.3. The topological polar surface area (TPSA) is 32.7 Å². The molecule has 0 spiro atoms. The number of aromatic hydroxyl groups is 1. The van der Waals surface area contributed by atoms with Gasteiger partial charge < -0.3 is 9.84 Å². The van der Waals surface area contributed by atoms with E-state index in [2.05, 4.69) is 18.7 Å². The highest BCUT2D eigenvalue weighted by Crippen LogP contribution is 2.36. The number of methoxy groups -OCH3 is 1. The predicted octanol–water partition coefficient (Wildman–Crippen LogP) is 3.28. The van der Waals surface area contributed by atoms with Crippen molar-refractivity contribution in [1.29, 1.82) is 0 Å². The fourth-order valence-corrected chi connectivity index (χ4v) is 2.95. The lowest BCUT2D eigenvalue weighted by atomic mass is 10.1. The fraction of sp³-hybridized carbons (Fsp3) is 0.571. The molecule has 100 valence electrons. The van der Waals surface area contributed by atoms with Crippen LogP contribution in [0.4, 0.5) is 0 Å². The fourth-order valence-electron chi connectivity index (χ4n) is 2.72. The van der Waals surface area contributed by atoms with E-state index in [0.29, 0.717) is 16.8 Å². The van der Waals surface area contributed by atoms with Crippen molar-refractivity contribution in [3.63, 3.8) is 0 Å². The summed E-state index contributed by atoms with van der Waals surface area (Å²) in [5.41, 5.74) is 1.08. The van der Waals surface area contributed by atoms with Gasteiger partial charge >= 0.3 is 0 Å². The number of benzene rings is 1. The van der Waals surface area contributed by atoms with E-state index in [4.69, 9.17) is 16.3 Å². The smallest absolute Gasteiger partial charge is 0.176 e. The number of phenolic OH excluding ortho intramolecular Hbond substituents is 1. The van der Waals surface area contributed by atoms with Crippen molar-refractivity contribution in [2.24, 2.45) is 5.92 Å². The van der Waals surface area contributed by atoms with Gasteiger partial charge in [0.1, 0.15) is 0 Å². The van der Waals surface area contributed by atoms with Gasteiger partial charge in [-0.05, 0) is 37.0 Å². The van der Waals surface area contributed by atoms with E-state index < -0.39 is 0 Å². The van der Waals surface area contributed by atoms with Gasteiger partial charge in [0.15, 0.2) is 11.5 Å². The highest BCUT2D eigenvalue weighted by Gasteiger charge is 2.26. The summed E-state index contributed by atoms with van der Waals surface area (Å²) >= 11 is 6.00. The second-order valence-corrected chi connectivity index (χ2v) is 5.66. The summed E-state index contributed by atoms with van der Waals surface area (Å²) in [5.74, 6) is 1.21. The maximum Gasteiger partial charge on any atom is 0.176 e. The maximum absolute atomic E-state index is 9.71. The maximum atomic E-state index is 9.71. The number of halogens is 1. The molecule has 1 heterocycles. The zero-order valence-corrected chi connectivity index (χ0v) is 11.9. The van der Waals surface area contributed by atoms with Gasteiger partial charge in [-0.1, -0.05) is 18.5 Å². The van der Waals surface area contributed by atoms with Crippen molar-refractivity contribution in [2.75, 3.05) is 13.7 Å². The summed E-state index contributed by atoms with van der Waals surface area (Å²) in [5, 5.41) is 10.1. The molecule has 0 saturated carbocycles. The summed E-state index contributed by atoms with van der Waals surface area (Å²) in [4.78, 5) is 2.44. The average Bonchev–Trinajstić information content (AvgIpc) is 2.62. The molecule has 2 unspecified atom stereocenters. The molecule has 18 heavy (non-hydrogen) atoms. The van der Waals surface area contributed by atoms with Gasteiger partial charge in [0.05, 0.1) is 12.1 Å². The van der Waals surface area contributed by atoms with Crippen molar-refractivity contribution in [3.8, 4) is 11.5 Å². The molecule has 2 atom stereocenters. The molecule has 1 fully saturated rings. The normalized spacial score (nSPS) is 24.4. The van der Waals surface area contributed by atoms with E-state index in [-0.39, 0.29) is 5.75 Å². The first-order valence-corrected chi connectivity index (χ1v) is 6.68. The molecule has 0 aliphatic carbocycles. The van der Waals surface area contributed by atoms with E-state index in [9.17, 15) is 5.11 Å². The SMILES string of the molecule is COc1cc(CN2CC(C)CC2C)cc(Cl)c1O. The summed E-state index contributed by atoms with van der Waals surface area (Å²) in [6, 6.07) is 4.27. The Kier molecular flexibility index (Phi) is 4.03. The Bertz CT molecular complexity index is 436. The molecule has 1 saturated heterocycles. The van der Waals surface area contributed by atoms with E-state index in [0.717, 1.165) is 24.6 Å². The van der Waals surface area contributed by atoms with Gasteiger partial charge in [0.2, 0.25) is 0 Å². The Balaban J connectivity index is 2.17. The van der Waals surface area contributed by atoms with Crippen LogP contribution in [-0.4, -0.2) is 29.7 Å². The van der Waals surface area contributed by atoms with Crippen LogP contribution in [0.1, 0.15) is 25.8 Å². The Hall–Kier alpha value is -0.930.